The van der Waals surface area contributed by atoms with Crippen LogP contribution in [-0.4, -0.2) is 10.7 Å². The van der Waals surface area contributed by atoms with Crippen LogP contribution in [0.15, 0.2) is 54.6 Å². The molecule has 0 amide bonds. The highest BCUT2D eigenvalue weighted by molar-refractivity contribution is 9.09. The van der Waals surface area contributed by atoms with Gasteiger partial charge >= 0.3 is 0 Å². The van der Waals surface area contributed by atoms with E-state index >= 15 is 0 Å². The Morgan fingerprint density at radius 2 is 1.62 bits per heavy atom. The minimum Gasteiger partial charge on any atom is -0.0918 e. The first-order valence-electron chi connectivity index (χ1n) is 7.43. The lowest BCUT2D eigenvalue weighted by atomic mass is 9.79. The summed E-state index contributed by atoms with van der Waals surface area (Å²) in [4.78, 5) is 0. The van der Waals surface area contributed by atoms with E-state index in [1.807, 2.05) is 0 Å². The molecule has 0 saturated heterocycles. The molecule has 0 radical (unpaired) electrons. The van der Waals surface area contributed by atoms with Crippen molar-refractivity contribution in [1.29, 1.82) is 0 Å². The van der Waals surface area contributed by atoms with Gasteiger partial charge in [0.25, 0.3) is 0 Å². The summed E-state index contributed by atoms with van der Waals surface area (Å²) in [7, 11) is 0. The quantitative estimate of drug-likeness (QED) is 0.488. The molecular formula is C19H22Br2. The highest BCUT2D eigenvalue weighted by atomic mass is 79.9. The van der Waals surface area contributed by atoms with Crippen LogP contribution in [0.3, 0.4) is 0 Å². The van der Waals surface area contributed by atoms with Gasteiger partial charge in [-0.15, -0.1) is 0 Å². The van der Waals surface area contributed by atoms with Gasteiger partial charge < -0.3 is 0 Å². The summed E-state index contributed by atoms with van der Waals surface area (Å²) in [5.41, 5.74) is 4.38. The predicted octanol–water partition coefficient (Wildman–Crippen LogP) is 6.05. The maximum atomic E-state index is 3.75. The first kappa shape index (κ1) is 16.8. The monoisotopic (exact) mass is 408 g/mol. The van der Waals surface area contributed by atoms with E-state index in [1.165, 1.54) is 29.5 Å². The third-order valence-electron chi connectivity index (χ3n) is 4.11. The molecule has 0 fully saturated rings. The average Bonchev–Trinajstić information content (AvgIpc) is 2.53. The van der Waals surface area contributed by atoms with Crippen molar-refractivity contribution in [2.24, 2.45) is 0 Å². The molecule has 112 valence electrons. The minimum atomic E-state index is 0.181. The molecule has 0 bridgehead atoms. The predicted molar refractivity (Wildman–Crippen MR) is 99.8 cm³/mol. The standard InChI is InChI=1S/C19H22Br2/c1-16-7-5-11-18(13-16)19(14-20,15-21)12-6-10-17-8-3-2-4-9-17/h2-5,7-9,11,13H,6,10,12,14-15H2,1H3. The molecule has 2 aromatic rings. The van der Waals surface area contributed by atoms with Crippen molar-refractivity contribution in [1.82, 2.24) is 0 Å². The van der Waals surface area contributed by atoms with E-state index in [4.69, 9.17) is 0 Å². The molecule has 0 aliphatic carbocycles. The summed E-state index contributed by atoms with van der Waals surface area (Å²) in [6.45, 7) is 2.17. The van der Waals surface area contributed by atoms with Crippen LogP contribution >= 0.6 is 31.9 Å². The topological polar surface area (TPSA) is 0 Å². The van der Waals surface area contributed by atoms with Gasteiger partial charge in [-0.3, -0.25) is 0 Å². The van der Waals surface area contributed by atoms with Gasteiger partial charge in [0.2, 0.25) is 0 Å². The summed E-state index contributed by atoms with van der Waals surface area (Å²) in [6, 6.07) is 19.7. The fourth-order valence-electron chi connectivity index (χ4n) is 2.72. The summed E-state index contributed by atoms with van der Waals surface area (Å²) < 4.78 is 0. The third-order valence-corrected chi connectivity index (χ3v) is 6.25. The van der Waals surface area contributed by atoms with Crippen molar-refractivity contribution in [3.8, 4) is 0 Å². The molecule has 0 atom stereocenters. The van der Waals surface area contributed by atoms with Crippen molar-refractivity contribution in [3.05, 3.63) is 71.3 Å². The summed E-state index contributed by atoms with van der Waals surface area (Å²) in [5, 5.41) is 1.98. The Bertz CT molecular complexity index is 545. The van der Waals surface area contributed by atoms with Gasteiger partial charge in [-0.2, -0.15) is 0 Å². The molecule has 2 heteroatoms. The van der Waals surface area contributed by atoms with Gasteiger partial charge in [-0.25, -0.2) is 0 Å². The van der Waals surface area contributed by atoms with Gasteiger partial charge in [-0.05, 0) is 37.3 Å². The Morgan fingerprint density at radius 3 is 2.24 bits per heavy atom. The van der Waals surface area contributed by atoms with E-state index < -0.39 is 0 Å². The Balaban J connectivity index is 2.08. The molecule has 0 saturated carbocycles. The van der Waals surface area contributed by atoms with Crippen molar-refractivity contribution in [2.45, 2.75) is 31.6 Å². The lowest BCUT2D eigenvalue weighted by Gasteiger charge is -2.31. The second kappa shape index (κ2) is 8.14. The van der Waals surface area contributed by atoms with E-state index in [-0.39, 0.29) is 5.41 Å². The van der Waals surface area contributed by atoms with Gasteiger partial charge in [-0.1, -0.05) is 92.0 Å². The number of alkyl halides is 2. The SMILES string of the molecule is Cc1cccc(C(CBr)(CBr)CCCc2ccccc2)c1. The van der Waals surface area contributed by atoms with Gasteiger partial charge in [0.05, 0.1) is 0 Å². The first-order chi connectivity index (χ1) is 10.2. The maximum Gasteiger partial charge on any atom is 0.0147 e. The van der Waals surface area contributed by atoms with Crippen LogP contribution in [0.4, 0.5) is 0 Å². The van der Waals surface area contributed by atoms with Crippen molar-refractivity contribution in [3.63, 3.8) is 0 Å². The van der Waals surface area contributed by atoms with Crippen LogP contribution in [0.5, 0.6) is 0 Å². The van der Waals surface area contributed by atoms with E-state index in [1.54, 1.807) is 0 Å². The maximum absolute atomic E-state index is 3.75. The minimum absolute atomic E-state index is 0.181. The van der Waals surface area contributed by atoms with E-state index in [0.717, 1.165) is 17.1 Å². The smallest absolute Gasteiger partial charge is 0.0147 e. The second-order valence-corrected chi connectivity index (χ2v) is 6.88. The van der Waals surface area contributed by atoms with E-state index in [2.05, 4.69) is 93.4 Å². The summed E-state index contributed by atoms with van der Waals surface area (Å²) >= 11 is 7.50. The second-order valence-electron chi connectivity index (χ2n) is 5.76. The van der Waals surface area contributed by atoms with Crippen LogP contribution in [0, 0.1) is 6.92 Å². The van der Waals surface area contributed by atoms with Crippen molar-refractivity contribution >= 4 is 31.9 Å². The molecule has 2 aromatic carbocycles. The molecule has 0 unspecified atom stereocenters. The molecule has 0 aliphatic rings. The Morgan fingerprint density at radius 1 is 0.905 bits per heavy atom. The molecular weight excluding hydrogens is 388 g/mol. The molecule has 21 heavy (non-hydrogen) atoms. The van der Waals surface area contributed by atoms with E-state index in [0.29, 0.717) is 0 Å². The molecule has 2 rings (SSSR count). The number of halogens is 2. The summed E-state index contributed by atoms with van der Waals surface area (Å²) in [5.74, 6) is 0. The number of rotatable bonds is 7. The molecule has 0 nitrogen and oxygen atoms in total. The van der Waals surface area contributed by atoms with E-state index in [9.17, 15) is 0 Å². The van der Waals surface area contributed by atoms with Gasteiger partial charge in [0.1, 0.15) is 0 Å². The lowest BCUT2D eigenvalue weighted by Crippen LogP contribution is -2.30. The van der Waals surface area contributed by atoms with Crippen LogP contribution in [0.25, 0.3) is 0 Å². The zero-order chi connectivity index (χ0) is 15.1. The number of benzene rings is 2. The highest BCUT2D eigenvalue weighted by Crippen LogP contribution is 2.34. The number of hydrogen-bond acceptors (Lipinski definition) is 0. The Hall–Kier alpha value is -0.600. The zero-order valence-electron chi connectivity index (χ0n) is 12.5. The largest absolute Gasteiger partial charge is 0.0918 e. The van der Waals surface area contributed by atoms with Crippen molar-refractivity contribution in [2.75, 3.05) is 10.7 Å². The van der Waals surface area contributed by atoms with Gasteiger partial charge in [0.15, 0.2) is 0 Å². The number of aryl methyl sites for hydroxylation is 2. The molecule has 0 N–H and O–H groups in total. The fourth-order valence-corrected chi connectivity index (χ4v) is 4.86. The fraction of sp³-hybridized carbons (Fsp3) is 0.368. The zero-order valence-corrected chi connectivity index (χ0v) is 15.7. The highest BCUT2D eigenvalue weighted by Gasteiger charge is 2.29. The molecule has 0 aromatic heterocycles. The Kier molecular flexibility index (Phi) is 6.50. The number of hydrogen-bond donors (Lipinski definition) is 0. The average molecular weight is 410 g/mol. The van der Waals surface area contributed by atoms with Gasteiger partial charge in [0, 0.05) is 16.1 Å². The van der Waals surface area contributed by atoms with Crippen molar-refractivity contribution < 1.29 is 0 Å². The summed E-state index contributed by atoms with van der Waals surface area (Å²) in [6.07, 6.45) is 3.53. The first-order valence-corrected chi connectivity index (χ1v) is 9.67. The van der Waals surface area contributed by atoms with Crippen LogP contribution < -0.4 is 0 Å². The lowest BCUT2D eigenvalue weighted by molar-refractivity contribution is 0.484. The van der Waals surface area contributed by atoms with Crippen LogP contribution in [0.1, 0.15) is 29.5 Å². The molecule has 0 spiro atoms. The normalized spacial score (nSPS) is 11.6. The molecule has 0 aliphatic heterocycles. The third kappa shape index (κ3) is 4.43. The Labute approximate surface area is 145 Å². The van der Waals surface area contributed by atoms with Crippen LogP contribution in [0.2, 0.25) is 0 Å². The van der Waals surface area contributed by atoms with Crippen LogP contribution in [-0.2, 0) is 11.8 Å². The molecule has 0 heterocycles.